The molecule has 1 heterocycles. The fraction of sp³-hybridized carbons (Fsp3) is 0.483. The van der Waals surface area contributed by atoms with E-state index in [1.165, 1.54) is 20.3 Å². The zero-order valence-corrected chi connectivity index (χ0v) is 23.6. The Morgan fingerprint density at radius 1 is 1.07 bits per heavy atom. The molecule has 2 aromatic carbocycles. The van der Waals surface area contributed by atoms with E-state index in [0.717, 1.165) is 0 Å². The summed E-state index contributed by atoms with van der Waals surface area (Å²) in [5.74, 6) is -1.75. The number of amides is 1. The summed E-state index contributed by atoms with van der Waals surface area (Å²) in [6.45, 7) is 3.26. The van der Waals surface area contributed by atoms with Gasteiger partial charge in [0.05, 0.1) is 45.6 Å². The van der Waals surface area contributed by atoms with E-state index in [0.29, 0.717) is 48.7 Å². The van der Waals surface area contributed by atoms with Gasteiger partial charge in [0.25, 0.3) is 0 Å². The SMILES string of the molecule is COc1c(O)cc(C[C@H](NC(C#N)[C@H](Cc2ccccc2)NC(=O)C(F)(F)F)[C@@H](C#N)N2CCOCC2)c(OC)c1C. The number of nitriles is 2. The number of hydrogen-bond donors (Lipinski definition) is 3. The minimum absolute atomic E-state index is 0.0423. The first-order valence-electron chi connectivity index (χ1n) is 13.3. The highest BCUT2D eigenvalue weighted by atomic mass is 19.4. The molecule has 3 rings (SSSR count). The Kier molecular flexibility index (Phi) is 11.4. The summed E-state index contributed by atoms with van der Waals surface area (Å²) in [6, 6.07) is 9.86. The second-order valence-corrected chi connectivity index (χ2v) is 9.82. The van der Waals surface area contributed by atoms with Gasteiger partial charge in [0.1, 0.15) is 17.8 Å². The molecule has 4 atom stereocenters. The summed E-state index contributed by atoms with van der Waals surface area (Å²) in [4.78, 5) is 13.9. The number of phenols is 1. The molecule has 42 heavy (non-hydrogen) atoms. The number of nitrogens with one attached hydrogen (secondary N) is 2. The number of methoxy groups -OCH3 is 2. The molecule has 1 fully saturated rings. The van der Waals surface area contributed by atoms with Crippen molar-refractivity contribution in [3.05, 3.63) is 53.1 Å². The molecule has 226 valence electrons. The monoisotopic (exact) mass is 589 g/mol. The van der Waals surface area contributed by atoms with Gasteiger partial charge in [-0.3, -0.25) is 15.0 Å². The normalized spacial score (nSPS) is 16.8. The van der Waals surface area contributed by atoms with Crippen molar-refractivity contribution in [1.29, 1.82) is 10.5 Å². The second-order valence-electron chi connectivity index (χ2n) is 9.82. The highest BCUT2D eigenvalue weighted by molar-refractivity contribution is 5.82. The number of nitrogens with zero attached hydrogens (tertiary/aromatic N) is 3. The Labute approximate surface area is 242 Å². The number of rotatable bonds is 12. The van der Waals surface area contributed by atoms with E-state index >= 15 is 0 Å². The van der Waals surface area contributed by atoms with Gasteiger partial charge in [-0.1, -0.05) is 30.3 Å². The third-order valence-electron chi connectivity index (χ3n) is 7.12. The summed E-state index contributed by atoms with van der Waals surface area (Å²) >= 11 is 0. The molecular formula is C29H34F3N5O5. The highest BCUT2D eigenvalue weighted by Gasteiger charge is 2.42. The maximum atomic E-state index is 13.3. The van der Waals surface area contributed by atoms with E-state index in [2.05, 4.69) is 11.4 Å². The number of alkyl halides is 3. The predicted octanol–water partition coefficient (Wildman–Crippen LogP) is 2.62. The molecule has 0 spiro atoms. The topological polar surface area (TPSA) is 140 Å². The third kappa shape index (κ3) is 8.03. The lowest BCUT2D eigenvalue weighted by molar-refractivity contribution is -0.174. The molecule has 0 bridgehead atoms. The van der Waals surface area contributed by atoms with Gasteiger partial charge in [-0.25, -0.2) is 0 Å². The van der Waals surface area contributed by atoms with Crippen LogP contribution in [-0.2, 0) is 22.4 Å². The van der Waals surface area contributed by atoms with Crippen LogP contribution < -0.4 is 20.1 Å². The summed E-state index contributed by atoms with van der Waals surface area (Å²) in [6.07, 6.45) is -5.20. The van der Waals surface area contributed by atoms with Crippen molar-refractivity contribution in [2.24, 2.45) is 0 Å². The minimum Gasteiger partial charge on any atom is -0.504 e. The van der Waals surface area contributed by atoms with Crippen molar-refractivity contribution in [2.45, 2.75) is 50.1 Å². The second kappa shape index (κ2) is 14.7. The van der Waals surface area contributed by atoms with Gasteiger partial charge in [-0.2, -0.15) is 23.7 Å². The first kappa shape index (κ1) is 32.5. The zero-order chi connectivity index (χ0) is 30.9. The molecular weight excluding hydrogens is 555 g/mol. The van der Waals surface area contributed by atoms with Gasteiger partial charge in [0, 0.05) is 24.7 Å². The lowest BCUT2D eigenvalue weighted by Crippen LogP contribution is -2.60. The molecule has 1 amide bonds. The van der Waals surface area contributed by atoms with Crippen LogP contribution in [0.4, 0.5) is 13.2 Å². The fourth-order valence-corrected chi connectivity index (χ4v) is 5.15. The Balaban J connectivity index is 2.04. The van der Waals surface area contributed by atoms with Crippen molar-refractivity contribution >= 4 is 5.91 Å². The molecule has 1 aliphatic heterocycles. The van der Waals surface area contributed by atoms with Crippen LogP contribution >= 0.6 is 0 Å². The Bertz CT molecular complexity index is 1290. The van der Waals surface area contributed by atoms with Crippen LogP contribution in [-0.4, -0.2) is 86.8 Å². The van der Waals surface area contributed by atoms with E-state index in [1.54, 1.807) is 37.3 Å². The Morgan fingerprint density at radius 3 is 2.26 bits per heavy atom. The molecule has 1 saturated heterocycles. The van der Waals surface area contributed by atoms with Gasteiger partial charge >= 0.3 is 12.1 Å². The quantitative estimate of drug-likeness (QED) is 0.341. The fourth-order valence-electron chi connectivity index (χ4n) is 5.15. The molecule has 3 N–H and O–H groups in total. The number of ether oxygens (including phenoxy) is 3. The van der Waals surface area contributed by atoms with Gasteiger partial charge in [-0.15, -0.1) is 0 Å². The summed E-state index contributed by atoms with van der Waals surface area (Å²) < 4.78 is 56.2. The van der Waals surface area contributed by atoms with E-state index in [4.69, 9.17) is 14.2 Å². The molecule has 1 unspecified atom stereocenters. The number of hydrogen-bond acceptors (Lipinski definition) is 9. The van der Waals surface area contributed by atoms with Crippen LogP contribution in [0.3, 0.4) is 0 Å². The largest absolute Gasteiger partial charge is 0.504 e. The number of benzene rings is 2. The first-order chi connectivity index (χ1) is 20.0. The number of halogens is 3. The minimum atomic E-state index is -5.16. The molecule has 10 nitrogen and oxygen atoms in total. The van der Waals surface area contributed by atoms with Crippen LogP contribution in [0.5, 0.6) is 17.2 Å². The number of morpholine rings is 1. The lowest BCUT2D eigenvalue weighted by Gasteiger charge is -2.37. The Hall–Kier alpha value is -4.04. The van der Waals surface area contributed by atoms with Crippen LogP contribution in [0.1, 0.15) is 16.7 Å². The summed E-state index contributed by atoms with van der Waals surface area (Å²) in [7, 11) is 2.84. The van der Waals surface area contributed by atoms with E-state index in [9.17, 15) is 33.6 Å². The molecule has 0 aliphatic carbocycles. The van der Waals surface area contributed by atoms with Crippen LogP contribution in [0.25, 0.3) is 0 Å². The average molecular weight is 590 g/mol. The smallest absolute Gasteiger partial charge is 0.471 e. The van der Waals surface area contributed by atoms with Crippen LogP contribution in [0.2, 0.25) is 0 Å². The molecule has 13 heteroatoms. The van der Waals surface area contributed by atoms with Gasteiger partial charge in [0.15, 0.2) is 11.5 Å². The van der Waals surface area contributed by atoms with Crippen molar-refractivity contribution in [1.82, 2.24) is 15.5 Å². The Morgan fingerprint density at radius 2 is 1.71 bits per heavy atom. The molecule has 0 aromatic heterocycles. The number of carbonyl (C=O) groups is 1. The van der Waals surface area contributed by atoms with Crippen molar-refractivity contribution in [3.63, 3.8) is 0 Å². The first-order valence-corrected chi connectivity index (χ1v) is 13.3. The standard InChI is InChI=1S/C29H34F3N5O5/c1-18-26(40-2)20(15-25(38)27(18)41-3)14-22(24(17-34)37-9-11-42-12-10-37)35-23(16-33)21(36-28(39)29(30,31)32)13-19-7-5-4-6-8-19/h4-8,15,21-24,35,38H,9-14H2,1-3H3,(H,36,39)/t21-,22-,23?,24+/m0/s1. The van der Waals surface area contributed by atoms with E-state index < -0.39 is 36.3 Å². The van der Waals surface area contributed by atoms with Crippen molar-refractivity contribution in [2.75, 3.05) is 40.5 Å². The van der Waals surface area contributed by atoms with Gasteiger partial charge < -0.3 is 24.6 Å². The maximum absolute atomic E-state index is 13.3. The van der Waals surface area contributed by atoms with Crippen LogP contribution in [0.15, 0.2) is 36.4 Å². The summed E-state index contributed by atoms with van der Waals surface area (Å²) in [5.41, 5.74) is 1.59. The molecule has 1 aliphatic rings. The highest BCUT2D eigenvalue weighted by Crippen LogP contribution is 2.39. The lowest BCUT2D eigenvalue weighted by atomic mass is 9.93. The summed E-state index contributed by atoms with van der Waals surface area (Å²) in [5, 5.41) is 36.1. The third-order valence-corrected chi connectivity index (χ3v) is 7.12. The van der Waals surface area contributed by atoms with E-state index in [-0.39, 0.29) is 24.3 Å². The maximum Gasteiger partial charge on any atom is 0.471 e. The molecule has 0 radical (unpaired) electrons. The number of carbonyl (C=O) groups excluding carboxylic acids is 1. The number of aromatic hydroxyl groups is 1. The van der Waals surface area contributed by atoms with Crippen LogP contribution in [0, 0.1) is 29.6 Å². The van der Waals surface area contributed by atoms with E-state index in [1.807, 2.05) is 16.3 Å². The van der Waals surface area contributed by atoms with Crippen molar-refractivity contribution < 1.29 is 37.3 Å². The average Bonchev–Trinajstić information content (AvgIpc) is 2.96. The van der Waals surface area contributed by atoms with Crippen molar-refractivity contribution in [3.8, 4) is 29.4 Å². The predicted molar refractivity (Wildman–Crippen MR) is 146 cm³/mol. The molecule has 2 aromatic rings. The van der Waals surface area contributed by atoms with Gasteiger partial charge in [0.2, 0.25) is 0 Å². The molecule has 0 saturated carbocycles. The zero-order valence-electron chi connectivity index (χ0n) is 23.6. The number of phenolic OH excluding ortho intramolecular Hbond substituents is 1. The van der Waals surface area contributed by atoms with Gasteiger partial charge in [-0.05, 0) is 37.0 Å².